The molecule has 1 unspecified atom stereocenters. The minimum Gasteiger partial charge on any atom is -0.349 e. The lowest BCUT2D eigenvalue weighted by molar-refractivity contribution is 0.0972. The fourth-order valence-electron chi connectivity index (χ4n) is 3.34. The molecule has 0 saturated carbocycles. The Bertz CT molecular complexity index is 597. The fourth-order valence-corrected chi connectivity index (χ4v) is 3.34. The van der Waals surface area contributed by atoms with Crippen molar-refractivity contribution in [2.75, 3.05) is 25.0 Å². The number of piperidine rings is 3. The van der Waals surface area contributed by atoms with Crippen LogP contribution in [0.2, 0.25) is 0 Å². The number of hydrogen-bond acceptors (Lipinski definition) is 4. The van der Waals surface area contributed by atoms with Crippen molar-refractivity contribution in [2.24, 2.45) is 5.92 Å². The summed E-state index contributed by atoms with van der Waals surface area (Å²) in [7, 11) is 0. The zero-order valence-electron chi connectivity index (χ0n) is 11.2. The van der Waals surface area contributed by atoms with Crippen LogP contribution in [0.3, 0.4) is 0 Å². The van der Waals surface area contributed by atoms with Gasteiger partial charge in [0.05, 0.1) is 0 Å². The summed E-state index contributed by atoms with van der Waals surface area (Å²) < 4.78 is 1.84. The standard InChI is InChI=1S/C14H19N5/c1-10-2-7-19-13(8-10)16-14(17-19)15-12-9-18-5-3-11(12)4-6-18/h2,7-8,11-12H,3-6,9H2,1H3,(H,15,17). The molecule has 2 aromatic rings. The summed E-state index contributed by atoms with van der Waals surface area (Å²) in [6.07, 6.45) is 4.59. The predicted molar refractivity (Wildman–Crippen MR) is 74.3 cm³/mol. The van der Waals surface area contributed by atoms with Crippen molar-refractivity contribution in [1.82, 2.24) is 19.5 Å². The van der Waals surface area contributed by atoms with E-state index in [0.29, 0.717) is 6.04 Å². The predicted octanol–water partition coefficient (Wildman–Crippen LogP) is 1.54. The zero-order valence-corrected chi connectivity index (χ0v) is 11.2. The van der Waals surface area contributed by atoms with Gasteiger partial charge in [0.25, 0.3) is 0 Å². The zero-order chi connectivity index (χ0) is 12.8. The van der Waals surface area contributed by atoms with Gasteiger partial charge in [0.1, 0.15) is 0 Å². The number of aromatic nitrogens is 3. The molecule has 5 nitrogen and oxygen atoms in total. The molecule has 0 amide bonds. The Morgan fingerprint density at radius 1 is 1.32 bits per heavy atom. The number of anilines is 1. The molecular formula is C14H19N5. The second kappa shape index (κ2) is 4.20. The first-order valence-electron chi connectivity index (χ1n) is 7.10. The first kappa shape index (κ1) is 11.2. The van der Waals surface area contributed by atoms with E-state index >= 15 is 0 Å². The van der Waals surface area contributed by atoms with E-state index in [1.807, 2.05) is 10.7 Å². The van der Waals surface area contributed by atoms with Crippen molar-refractivity contribution in [3.63, 3.8) is 0 Å². The summed E-state index contributed by atoms with van der Waals surface area (Å²) in [4.78, 5) is 7.11. The molecule has 0 aliphatic carbocycles. The van der Waals surface area contributed by atoms with Crippen molar-refractivity contribution < 1.29 is 0 Å². The van der Waals surface area contributed by atoms with Crippen LogP contribution in [0.1, 0.15) is 18.4 Å². The van der Waals surface area contributed by atoms with Gasteiger partial charge in [-0.1, -0.05) is 0 Å². The van der Waals surface area contributed by atoms with Crippen LogP contribution in [0.15, 0.2) is 18.3 Å². The van der Waals surface area contributed by atoms with Gasteiger partial charge in [-0.3, -0.25) is 0 Å². The van der Waals surface area contributed by atoms with Crippen LogP contribution in [0.25, 0.3) is 5.65 Å². The Morgan fingerprint density at radius 2 is 2.16 bits per heavy atom. The summed E-state index contributed by atoms with van der Waals surface area (Å²) >= 11 is 0. The molecular weight excluding hydrogens is 238 g/mol. The van der Waals surface area contributed by atoms with Gasteiger partial charge < -0.3 is 10.2 Å². The molecule has 5 heterocycles. The molecule has 100 valence electrons. The molecule has 3 aliphatic heterocycles. The van der Waals surface area contributed by atoms with Crippen LogP contribution in [-0.4, -0.2) is 45.2 Å². The van der Waals surface area contributed by atoms with Crippen LogP contribution in [0.5, 0.6) is 0 Å². The third-order valence-electron chi connectivity index (χ3n) is 4.46. The number of fused-ring (bicyclic) bond motifs is 4. The molecule has 0 aromatic carbocycles. The second-order valence-corrected chi connectivity index (χ2v) is 5.83. The van der Waals surface area contributed by atoms with Crippen LogP contribution in [0, 0.1) is 12.8 Å². The van der Waals surface area contributed by atoms with Gasteiger partial charge in [-0.25, -0.2) is 4.52 Å². The smallest absolute Gasteiger partial charge is 0.243 e. The van der Waals surface area contributed by atoms with Crippen molar-refractivity contribution in [3.8, 4) is 0 Å². The third-order valence-corrected chi connectivity index (χ3v) is 4.46. The van der Waals surface area contributed by atoms with Crippen molar-refractivity contribution in [3.05, 3.63) is 23.9 Å². The van der Waals surface area contributed by atoms with E-state index < -0.39 is 0 Å². The van der Waals surface area contributed by atoms with E-state index in [1.54, 1.807) is 0 Å². The number of aryl methyl sites for hydroxylation is 1. The molecule has 3 fully saturated rings. The van der Waals surface area contributed by atoms with E-state index in [2.05, 4.69) is 39.4 Å². The van der Waals surface area contributed by atoms with Crippen molar-refractivity contribution in [2.45, 2.75) is 25.8 Å². The summed E-state index contributed by atoms with van der Waals surface area (Å²) in [6, 6.07) is 4.63. The van der Waals surface area contributed by atoms with Gasteiger partial charge in [0.15, 0.2) is 5.65 Å². The molecule has 3 saturated heterocycles. The Balaban J connectivity index is 1.58. The normalized spacial score (nSPS) is 29.8. The summed E-state index contributed by atoms with van der Waals surface area (Å²) in [5.74, 6) is 1.56. The van der Waals surface area contributed by atoms with E-state index in [9.17, 15) is 0 Å². The molecule has 3 aliphatic rings. The van der Waals surface area contributed by atoms with Crippen molar-refractivity contribution >= 4 is 11.6 Å². The lowest BCUT2D eigenvalue weighted by Crippen LogP contribution is -2.53. The number of rotatable bonds is 2. The molecule has 5 rings (SSSR count). The van der Waals surface area contributed by atoms with E-state index in [1.165, 1.54) is 31.5 Å². The highest BCUT2D eigenvalue weighted by molar-refractivity contribution is 5.45. The van der Waals surface area contributed by atoms with Gasteiger partial charge >= 0.3 is 0 Å². The van der Waals surface area contributed by atoms with Crippen LogP contribution >= 0.6 is 0 Å². The maximum absolute atomic E-state index is 4.57. The SMILES string of the molecule is Cc1ccn2nc(NC3CN4CCC3CC4)nc2c1. The van der Waals surface area contributed by atoms with Gasteiger partial charge in [0, 0.05) is 18.8 Å². The molecule has 19 heavy (non-hydrogen) atoms. The molecule has 2 bridgehead atoms. The van der Waals surface area contributed by atoms with Gasteiger partial charge in [-0.15, -0.1) is 5.10 Å². The van der Waals surface area contributed by atoms with Gasteiger partial charge in [-0.05, 0) is 56.5 Å². The highest BCUT2D eigenvalue weighted by Crippen LogP contribution is 2.29. The maximum atomic E-state index is 4.57. The third kappa shape index (κ3) is 1.98. The Kier molecular flexibility index (Phi) is 2.48. The van der Waals surface area contributed by atoms with E-state index in [-0.39, 0.29) is 0 Å². The van der Waals surface area contributed by atoms with Crippen LogP contribution < -0.4 is 5.32 Å². The highest BCUT2D eigenvalue weighted by Gasteiger charge is 2.34. The number of nitrogens with zero attached hydrogens (tertiary/aromatic N) is 4. The Morgan fingerprint density at radius 3 is 2.89 bits per heavy atom. The van der Waals surface area contributed by atoms with Gasteiger partial charge in [-0.2, -0.15) is 4.98 Å². The average molecular weight is 257 g/mol. The number of nitrogens with one attached hydrogen (secondary N) is 1. The average Bonchev–Trinajstić information content (AvgIpc) is 2.81. The first-order valence-corrected chi connectivity index (χ1v) is 7.10. The topological polar surface area (TPSA) is 45.5 Å². The molecule has 0 spiro atoms. The molecule has 0 radical (unpaired) electrons. The summed E-state index contributed by atoms with van der Waals surface area (Å²) in [5, 5.41) is 8.04. The quantitative estimate of drug-likeness (QED) is 0.886. The summed E-state index contributed by atoms with van der Waals surface area (Å²) in [5.41, 5.74) is 2.14. The first-order chi connectivity index (χ1) is 9.28. The van der Waals surface area contributed by atoms with Crippen LogP contribution in [0.4, 0.5) is 5.95 Å². The highest BCUT2D eigenvalue weighted by atomic mass is 15.4. The minimum absolute atomic E-state index is 0.515. The lowest BCUT2D eigenvalue weighted by Gasteiger charge is -2.44. The molecule has 1 N–H and O–H groups in total. The van der Waals surface area contributed by atoms with Crippen molar-refractivity contribution in [1.29, 1.82) is 0 Å². The maximum Gasteiger partial charge on any atom is 0.243 e. The molecule has 5 heteroatoms. The molecule has 1 atom stereocenters. The Labute approximate surface area is 112 Å². The number of pyridine rings is 1. The fraction of sp³-hybridized carbons (Fsp3) is 0.571. The Hall–Kier alpha value is -1.62. The summed E-state index contributed by atoms with van der Waals surface area (Å²) in [6.45, 7) is 5.75. The van der Waals surface area contributed by atoms with Gasteiger partial charge in [0.2, 0.25) is 5.95 Å². The monoisotopic (exact) mass is 257 g/mol. The number of hydrogen-bond donors (Lipinski definition) is 1. The second-order valence-electron chi connectivity index (χ2n) is 5.83. The molecule has 2 aromatic heterocycles. The lowest BCUT2D eigenvalue weighted by atomic mass is 9.84. The van der Waals surface area contributed by atoms with Crippen LogP contribution in [-0.2, 0) is 0 Å². The minimum atomic E-state index is 0.515. The van der Waals surface area contributed by atoms with E-state index in [4.69, 9.17) is 0 Å². The van der Waals surface area contributed by atoms with E-state index in [0.717, 1.165) is 24.1 Å². The largest absolute Gasteiger partial charge is 0.349 e.